The first kappa shape index (κ1) is 10.8. The predicted molar refractivity (Wildman–Crippen MR) is 64.1 cm³/mol. The largest absolute Gasteiger partial charge is 0.399 e. The van der Waals surface area contributed by atoms with Crippen molar-refractivity contribution in [2.24, 2.45) is 0 Å². The molecule has 0 atom stereocenters. The van der Waals surface area contributed by atoms with Crippen LogP contribution in [0, 0.1) is 6.92 Å². The standard InChI is InChI=1S/C10H13N3O2S/c1-6-9(12)8-5-7(11)3-4-13(8)10(6)16(2,14)15/h3-5H,11-12H2,1-2H3. The van der Waals surface area contributed by atoms with Crippen LogP contribution in [-0.4, -0.2) is 19.1 Å². The number of hydrogen-bond acceptors (Lipinski definition) is 4. The summed E-state index contributed by atoms with van der Waals surface area (Å²) in [6.07, 6.45) is 2.78. The molecule has 0 fully saturated rings. The van der Waals surface area contributed by atoms with E-state index in [2.05, 4.69) is 0 Å². The van der Waals surface area contributed by atoms with Crippen LogP contribution in [0.1, 0.15) is 5.56 Å². The maximum absolute atomic E-state index is 11.7. The molecule has 0 unspecified atom stereocenters. The SMILES string of the molecule is Cc1c(N)c2cc(N)ccn2c1S(C)(=O)=O. The van der Waals surface area contributed by atoms with Crippen LogP contribution >= 0.6 is 0 Å². The monoisotopic (exact) mass is 239 g/mol. The summed E-state index contributed by atoms with van der Waals surface area (Å²) in [6, 6.07) is 3.30. The summed E-state index contributed by atoms with van der Waals surface area (Å²) >= 11 is 0. The van der Waals surface area contributed by atoms with Gasteiger partial charge in [-0.05, 0) is 19.1 Å². The molecule has 0 aromatic carbocycles. The van der Waals surface area contributed by atoms with Crippen molar-refractivity contribution in [3.8, 4) is 0 Å². The van der Waals surface area contributed by atoms with Crippen molar-refractivity contribution in [1.29, 1.82) is 0 Å². The van der Waals surface area contributed by atoms with E-state index in [9.17, 15) is 8.42 Å². The highest BCUT2D eigenvalue weighted by Crippen LogP contribution is 2.29. The smallest absolute Gasteiger partial charge is 0.191 e. The third-order valence-electron chi connectivity index (χ3n) is 2.55. The van der Waals surface area contributed by atoms with Crippen molar-refractivity contribution in [2.45, 2.75) is 11.9 Å². The molecule has 0 aliphatic carbocycles. The van der Waals surface area contributed by atoms with Gasteiger partial charge in [-0.2, -0.15) is 0 Å². The molecule has 2 heterocycles. The number of rotatable bonds is 1. The van der Waals surface area contributed by atoms with Crippen LogP contribution in [0.4, 0.5) is 11.4 Å². The molecule has 0 radical (unpaired) electrons. The highest BCUT2D eigenvalue weighted by molar-refractivity contribution is 7.90. The van der Waals surface area contributed by atoms with Crippen molar-refractivity contribution >= 4 is 26.7 Å². The van der Waals surface area contributed by atoms with E-state index in [1.807, 2.05) is 0 Å². The van der Waals surface area contributed by atoms with Crippen molar-refractivity contribution in [2.75, 3.05) is 17.7 Å². The van der Waals surface area contributed by atoms with E-state index in [4.69, 9.17) is 11.5 Å². The van der Waals surface area contributed by atoms with Gasteiger partial charge in [-0.1, -0.05) is 0 Å². The highest BCUT2D eigenvalue weighted by atomic mass is 32.2. The van der Waals surface area contributed by atoms with E-state index in [-0.39, 0.29) is 5.03 Å². The van der Waals surface area contributed by atoms with Gasteiger partial charge in [-0.15, -0.1) is 0 Å². The molecule has 0 saturated carbocycles. The van der Waals surface area contributed by atoms with Gasteiger partial charge in [-0.25, -0.2) is 8.42 Å². The average molecular weight is 239 g/mol. The van der Waals surface area contributed by atoms with Crippen LogP contribution in [-0.2, 0) is 9.84 Å². The van der Waals surface area contributed by atoms with Crippen LogP contribution in [0.3, 0.4) is 0 Å². The molecule has 0 spiro atoms. The molecular formula is C10H13N3O2S. The van der Waals surface area contributed by atoms with Gasteiger partial charge in [0.1, 0.15) is 5.03 Å². The molecule has 2 rings (SSSR count). The summed E-state index contributed by atoms with van der Waals surface area (Å²) in [5, 5.41) is 0.222. The van der Waals surface area contributed by atoms with Gasteiger partial charge in [0.2, 0.25) is 0 Å². The fraction of sp³-hybridized carbons (Fsp3) is 0.200. The third kappa shape index (κ3) is 1.42. The Kier molecular flexibility index (Phi) is 2.13. The topological polar surface area (TPSA) is 90.6 Å². The summed E-state index contributed by atoms with van der Waals surface area (Å²) in [6.45, 7) is 1.69. The molecule has 0 aliphatic heterocycles. The van der Waals surface area contributed by atoms with E-state index in [1.165, 1.54) is 0 Å². The zero-order chi connectivity index (χ0) is 12.1. The fourth-order valence-electron chi connectivity index (χ4n) is 1.85. The summed E-state index contributed by atoms with van der Waals surface area (Å²) < 4.78 is 24.9. The van der Waals surface area contributed by atoms with Gasteiger partial charge in [0.15, 0.2) is 9.84 Å². The molecule has 0 aliphatic rings. The van der Waals surface area contributed by atoms with Crippen LogP contribution < -0.4 is 11.5 Å². The van der Waals surface area contributed by atoms with E-state index in [0.29, 0.717) is 22.5 Å². The molecule has 2 aromatic heterocycles. The number of anilines is 2. The van der Waals surface area contributed by atoms with Gasteiger partial charge in [0.05, 0.1) is 11.2 Å². The number of nitrogens with two attached hydrogens (primary N) is 2. The van der Waals surface area contributed by atoms with E-state index in [0.717, 1.165) is 6.26 Å². The van der Waals surface area contributed by atoms with Crippen molar-refractivity contribution < 1.29 is 8.42 Å². The molecule has 86 valence electrons. The Balaban J connectivity index is 3.02. The highest BCUT2D eigenvalue weighted by Gasteiger charge is 2.20. The molecule has 0 saturated heterocycles. The predicted octanol–water partition coefficient (Wildman–Crippen LogP) is 0.816. The second kappa shape index (κ2) is 3.15. The second-order valence-electron chi connectivity index (χ2n) is 3.83. The normalized spacial score (nSPS) is 12.1. The molecular weight excluding hydrogens is 226 g/mol. The third-order valence-corrected chi connectivity index (χ3v) is 3.76. The van der Waals surface area contributed by atoms with Crippen LogP contribution in [0.25, 0.3) is 5.52 Å². The maximum Gasteiger partial charge on any atom is 0.191 e. The summed E-state index contributed by atoms with van der Waals surface area (Å²) in [5.74, 6) is 0. The number of sulfone groups is 1. The number of hydrogen-bond donors (Lipinski definition) is 2. The van der Waals surface area contributed by atoms with E-state index in [1.54, 1.807) is 29.7 Å². The van der Waals surface area contributed by atoms with Gasteiger partial charge in [-0.3, -0.25) is 0 Å². The number of fused-ring (bicyclic) bond motifs is 1. The quantitative estimate of drug-likeness (QED) is 0.770. The Hall–Kier alpha value is -1.69. The minimum atomic E-state index is -3.31. The molecule has 5 nitrogen and oxygen atoms in total. The number of aromatic nitrogens is 1. The second-order valence-corrected chi connectivity index (χ2v) is 5.76. The maximum atomic E-state index is 11.7. The Morgan fingerprint density at radius 1 is 1.31 bits per heavy atom. The average Bonchev–Trinajstić information content (AvgIpc) is 2.40. The van der Waals surface area contributed by atoms with Gasteiger partial charge >= 0.3 is 0 Å². The number of nitrogens with zero attached hydrogens (tertiary/aromatic N) is 1. The molecule has 0 amide bonds. The van der Waals surface area contributed by atoms with Crippen molar-refractivity contribution in [1.82, 2.24) is 4.40 Å². The van der Waals surface area contributed by atoms with Gasteiger partial charge < -0.3 is 15.9 Å². The van der Waals surface area contributed by atoms with Crippen LogP contribution in [0.5, 0.6) is 0 Å². The Bertz CT molecular complexity index is 671. The van der Waals surface area contributed by atoms with Crippen molar-refractivity contribution in [3.05, 3.63) is 23.9 Å². The molecule has 2 aromatic rings. The molecule has 0 bridgehead atoms. The lowest BCUT2D eigenvalue weighted by Gasteiger charge is -2.01. The fourth-order valence-corrected chi connectivity index (χ4v) is 3.03. The molecule has 4 N–H and O–H groups in total. The molecule has 16 heavy (non-hydrogen) atoms. The van der Waals surface area contributed by atoms with Gasteiger partial charge in [0.25, 0.3) is 0 Å². The Labute approximate surface area is 93.6 Å². The molecule has 6 heteroatoms. The lowest BCUT2D eigenvalue weighted by atomic mass is 10.3. The Morgan fingerprint density at radius 2 is 1.94 bits per heavy atom. The summed E-state index contributed by atoms with van der Waals surface area (Å²) in [5.41, 5.74) is 13.7. The minimum Gasteiger partial charge on any atom is -0.399 e. The zero-order valence-corrected chi connectivity index (χ0v) is 9.88. The first-order valence-electron chi connectivity index (χ1n) is 4.68. The van der Waals surface area contributed by atoms with Crippen molar-refractivity contribution in [3.63, 3.8) is 0 Å². The first-order chi connectivity index (χ1) is 7.32. The van der Waals surface area contributed by atoms with Crippen LogP contribution in [0.2, 0.25) is 0 Å². The number of nitrogen functional groups attached to an aromatic ring is 2. The number of pyridine rings is 1. The lowest BCUT2D eigenvalue weighted by molar-refractivity contribution is 0.596. The lowest BCUT2D eigenvalue weighted by Crippen LogP contribution is -2.03. The summed E-state index contributed by atoms with van der Waals surface area (Å²) in [4.78, 5) is 0. The summed E-state index contributed by atoms with van der Waals surface area (Å²) in [7, 11) is -3.31. The van der Waals surface area contributed by atoms with E-state index >= 15 is 0 Å². The van der Waals surface area contributed by atoms with E-state index < -0.39 is 9.84 Å². The Morgan fingerprint density at radius 3 is 2.50 bits per heavy atom. The first-order valence-corrected chi connectivity index (χ1v) is 6.57. The van der Waals surface area contributed by atoms with Crippen LogP contribution in [0.15, 0.2) is 23.4 Å². The zero-order valence-electron chi connectivity index (χ0n) is 9.06. The minimum absolute atomic E-state index is 0.222. The van der Waals surface area contributed by atoms with Gasteiger partial charge in [0, 0.05) is 23.7 Å².